The van der Waals surface area contributed by atoms with Gasteiger partial charge in [-0.3, -0.25) is 4.98 Å². The van der Waals surface area contributed by atoms with Gasteiger partial charge in [-0.05, 0) is 31.7 Å². The molecular weight excluding hydrogens is 278 g/mol. The van der Waals surface area contributed by atoms with Gasteiger partial charge >= 0.3 is 0 Å². The van der Waals surface area contributed by atoms with Gasteiger partial charge in [-0.15, -0.1) is 11.3 Å². The summed E-state index contributed by atoms with van der Waals surface area (Å²) in [4.78, 5) is 10.8. The number of aromatic nitrogens is 2. The van der Waals surface area contributed by atoms with Crippen molar-refractivity contribution in [3.8, 4) is 10.6 Å². The highest BCUT2D eigenvalue weighted by Gasteiger charge is 2.24. The molecule has 0 aliphatic heterocycles. The van der Waals surface area contributed by atoms with Gasteiger partial charge in [0.15, 0.2) is 0 Å². The molecule has 0 fully saturated rings. The molecule has 0 spiro atoms. The number of aryl methyl sites for hydroxylation is 1. The van der Waals surface area contributed by atoms with Crippen LogP contribution in [0, 0.1) is 0 Å². The number of benzene rings is 1. The van der Waals surface area contributed by atoms with E-state index >= 15 is 0 Å². The molecule has 0 radical (unpaired) electrons. The van der Waals surface area contributed by atoms with Crippen molar-refractivity contribution in [3.63, 3.8) is 0 Å². The SMILES string of the molecule is CNC1CCCc2sc(-c3cncc4ccccc34)nc21. The molecule has 0 saturated heterocycles. The third kappa shape index (κ3) is 2.15. The number of rotatable bonds is 2. The van der Waals surface area contributed by atoms with E-state index in [1.54, 1.807) is 0 Å². The van der Waals surface area contributed by atoms with E-state index in [0.29, 0.717) is 6.04 Å². The van der Waals surface area contributed by atoms with Crippen molar-refractivity contribution in [2.24, 2.45) is 0 Å². The summed E-state index contributed by atoms with van der Waals surface area (Å²) in [5.74, 6) is 0. The Kier molecular flexibility index (Phi) is 3.20. The molecule has 0 saturated carbocycles. The van der Waals surface area contributed by atoms with E-state index in [4.69, 9.17) is 4.98 Å². The lowest BCUT2D eigenvalue weighted by molar-refractivity contribution is 0.490. The van der Waals surface area contributed by atoms with Gasteiger partial charge in [0.25, 0.3) is 0 Å². The third-order valence-electron chi connectivity index (χ3n) is 4.20. The van der Waals surface area contributed by atoms with Crippen LogP contribution in [0.15, 0.2) is 36.7 Å². The molecule has 3 aromatic rings. The first kappa shape index (κ1) is 12.9. The third-order valence-corrected chi connectivity index (χ3v) is 5.37. The first-order valence-corrected chi connectivity index (χ1v) is 8.18. The fourth-order valence-corrected chi connectivity index (χ4v) is 4.29. The molecule has 1 aliphatic carbocycles. The lowest BCUT2D eigenvalue weighted by Gasteiger charge is -2.19. The topological polar surface area (TPSA) is 37.8 Å². The number of nitrogens with zero attached hydrogens (tertiary/aromatic N) is 2. The van der Waals surface area contributed by atoms with E-state index in [1.807, 2.05) is 30.8 Å². The van der Waals surface area contributed by atoms with Gasteiger partial charge in [0.05, 0.1) is 11.7 Å². The summed E-state index contributed by atoms with van der Waals surface area (Å²) >= 11 is 1.83. The zero-order chi connectivity index (χ0) is 14.2. The van der Waals surface area contributed by atoms with E-state index in [9.17, 15) is 0 Å². The maximum atomic E-state index is 4.94. The van der Waals surface area contributed by atoms with Crippen molar-refractivity contribution in [3.05, 3.63) is 47.2 Å². The van der Waals surface area contributed by atoms with Gasteiger partial charge in [-0.1, -0.05) is 24.3 Å². The number of pyridine rings is 1. The van der Waals surface area contributed by atoms with Crippen LogP contribution in [0.1, 0.15) is 29.5 Å². The molecule has 4 heteroatoms. The number of thiazole rings is 1. The molecule has 1 unspecified atom stereocenters. The fourth-order valence-electron chi connectivity index (χ4n) is 3.10. The minimum absolute atomic E-state index is 0.404. The monoisotopic (exact) mass is 295 g/mol. The molecule has 0 amide bonds. The van der Waals surface area contributed by atoms with E-state index in [-0.39, 0.29) is 0 Å². The second-order valence-electron chi connectivity index (χ2n) is 5.47. The maximum absolute atomic E-state index is 4.94. The summed E-state index contributed by atoms with van der Waals surface area (Å²) in [6.45, 7) is 0. The molecule has 0 bridgehead atoms. The molecule has 1 atom stereocenters. The quantitative estimate of drug-likeness (QED) is 0.777. The van der Waals surface area contributed by atoms with Gasteiger partial charge in [0.1, 0.15) is 5.01 Å². The highest BCUT2D eigenvalue weighted by molar-refractivity contribution is 7.15. The van der Waals surface area contributed by atoms with Gasteiger partial charge in [-0.25, -0.2) is 4.98 Å². The molecule has 3 nitrogen and oxygen atoms in total. The Hall–Kier alpha value is -1.78. The Morgan fingerprint density at radius 3 is 3.05 bits per heavy atom. The van der Waals surface area contributed by atoms with E-state index in [0.717, 1.165) is 17.0 Å². The van der Waals surface area contributed by atoms with Crippen molar-refractivity contribution in [1.29, 1.82) is 0 Å². The molecule has 4 rings (SSSR count). The average molecular weight is 295 g/mol. The lowest BCUT2D eigenvalue weighted by Crippen LogP contribution is -2.21. The standard InChI is InChI=1S/C17H17N3S/c1-18-14-7-4-8-15-16(14)20-17(21-15)13-10-19-9-11-5-2-3-6-12(11)13/h2-3,5-6,9-10,14,18H,4,7-8H2,1H3. The first-order valence-electron chi connectivity index (χ1n) is 7.37. The summed E-state index contributed by atoms with van der Waals surface area (Å²) in [6.07, 6.45) is 7.45. The fraction of sp³-hybridized carbons (Fsp3) is 0.294. The van der Waals surface area contributed by atoms with Crippen LogP contribution in [-0.2, 0) is 6.42 Å². The van der Waals surface area contributed by atoms with Gasteiger partial charge in [0, 0.05) is 28.2 Å². The van der Waals surface area contributed by atoms with Gasteiger partial charge in [0.2, 0.25) is 0 Å². The molecular formula is C17H17N3S. The van der Waals surface area contributed by atoms with Crippen LogP contribution in [0.2, 0.25) is 0 Å². The minimum atomic E-state index is 0.404. The van der Waals surface area contributed by atoms with Crippen LogP contribution in [0.5, 0.6) is 0 Å². The number of hydrogen-bond donors (Lipinski definition) is 1. The summed E-state index contributed by atoms with van der Waals surface area (Å²) < 4.78 is 0. The van der Waals surface area contributed by atoms with Crippen LogP contribution in [0.25, 0.3) is 21.3 Å². The largest absolute Gasteiger partial charge is 0.312 e. The van der Waals surface area contributed by atoms with Crippen molar-refractivity contribution < 1.29 is 0 Å². The van der Waals surface area contributed by atoms with Crippen molar-refractivity contribution in [2.45, 2.75) is 25.3 Å². The van der Waals surface area contributed by atoms with E-state index in [1.165, 1.54) is 34.2 Å². The van der Waals surface area contributed by atoms with Gasteiger partial charge in [-0.2, -0.15) is 0 Å². The lowest BCUT2D eigenvalue weighted by atomic mass is 9.98. The Morgan fingerprint density at radius 1 is 1.24 bits per heavy atom. The number of nitrogens with one attached hydrogen (secondary N) is 1. The Bertz CT molecular complexity index is 788. The van der Waals surface area contributed by atoms with Crippen LogP contribution in [0.3, 0.4) is 0 Å². The number of fused-ring (bicyclic) bond motifs is 2. The summed E-state index contributed by atoms with van der Waals surface area (Å²) in [6, 6.07) is 8.80. The minimum Gasteiger partial charge on any atom is -0.312 e. The second-order valence-corrected chi connectivity index (χ2v) is 6.55. The van der Waals surface area contributed by atoms with Crippen LogP contribution >= 0.6 is 11.3 Å². The Balaban J connectivity index is 1.88. The second kappa shape index (κ2) is 5.20. The predicted molar refractivity (Wildman–Crippen MR) is 87.6 cm³/mol. The van der Waals surface area contributed by atoms with Crippen LogP contribution in [0.4, 0.5) is 0 Å². The zero-order valence-corrected chi connectivity index (χ0v) is 12.8. The van der Waals surface area contributed by atoms with E-state index in [2.05, 4.69) is 34.6 Å². The summed E-state index contributed by atoms with van der Waals surface area (Å²) in [5, 5.41) is 6.90. The molecule has 2 heterocycles. The average Bonchev–Trinajstić information content (AvgIpc) is 2.98. The van der Waals surface area contributed by atoms with Crippen molar-refractivity contribution >= 4 is 22.1 Å². The Labute approximate surface area is 128 Å². The van der Waals surface area contributed by atoms with Crippen LogP contribution in [-0.4, -0.2) is 17.0 Å². The summed E-state index contributed by atoms with van der Waals surface area (Å²) in [7, 11) is 2.03. The number of hydrogen-bond acceptors (Lipinski definition) is 4. The Morgan fingerprint density at radius 2 is 2.14 bits per heavy atom. The predicted octanol–water partition coefficient (Wildman–Crippen LogP) is 3.96. The molecule has 2 aromatic heterocycles. The smallest absolute Gasteiger partial charge is 0.126 e. The normalized spacial score (nSPS) is 17.9. The van der Waals surface area contributed by atoms with Crippen LogP contribution < -0.4 is 5.32 Å². The molecule has 1 aliphatic rings. The maximum Gasteiger partial charge on any atom is 0.126 e. The highest BCUT2D eigenvalue weighted by atomic mass is 32.1. The van der Waals surface area contributed by atoms with Gasteiger partial charge < -0.3 is 5.32 Å². The molecule has 21 heavy (non-hydrogen) atoms. The van der Waals surface area contributed by atoms with E-state index < -0.39 is 0 Å². The molecule has 1 aromatic carbocycles. The summed E-state index contributed by atoms with van der Waals surface area (Å²) in [5.41, 5.74) is 2.40. The highest BCUT2D eigenvalue weighted by Crippen LogP contribution is 2.38. The molecule has 1 N–H and O–H groups in total. The first-order chi connectivity index (χ1) is 10.4. The zero-order valence-electron chi connectivity index (χ0n) is 12.0. The van der Waals surface area contributed by atoms with Crippen molar-refractivity contribution in [2.75, 3.05) is 7.05 Å². The molecule has 106 valence electrons. The van der Waals surface area contributed by atoms with Crippen molar-refractivity contribution in [1.82, 2.24) is 15.3 Å².